The Morgan fingerprint density at radius 3 is 2.55 bits per heavy atom. The summed E-state index contributed by atoms with van der Waals surface area (Å²) in [5.74, 6) is 1.65. The summed E-state index contributed by atoms with van der Waals surface area (Å²) in [5, 5.41) is 9.19. The van der Waals surface area contributed by atoms with Crippen molar-refractivity contribution in [1.29, 1.82) is 0 Å². The third-order valence-electron chi connectivity index (χ3n) is 6.89. The van der Waals surface area contributed by atoms with E-state index in [-0.39, 0.29) is 12.3 Å². The highest BCUT2D eigenvalue weighted by Gasteiger charge is 2.14. The number of likely N-dealkylation sites (tertiary alicyclic amines) is 1. The highest BCUT2D eigenvalue weighted by atomic mass is 16.5. The fourth-order valence-electron chi connectivity index (χ4n) is 4.87. The van der Waals surface area contributed by atoms with Gasteiger partial charge in [-0.3, -0.25) is 14.4 Å². The molecular weight excluding hydrogens is 476 g/mol. The zero-order valence-electron chi connectivity index (χ0n) is 21.2. The van der Waals surface area contributed by atoms with Crippen molar-refractivity contribution in [2.24, 2.45) is 0 Å². The molecule has 1 aliphatic heterocycles. The van der Waals surface area contributed by atoms with Crippen LogP contribution in [0, 0.1) is 0 Å². The van der Waals surface area contributed by atoms with Gasteiger partial charge in [0.1, 0.15) is 18.9 Å². The second-order valence-electron chi connectivity index (χ2n) is 9.64. The summed E-state index contributed by atoms with van der Waals surface area (Å²) in [6, 6.07) is 23.4. The van der Waals surface area contributed by atoms with Gasteiger partial charge in [0.15, 0.2) is 17.3 Å². The SMILES string of the molecule is O=C(Cn1cc(-c2cccc3nc(Cc4ccc(OCCN5CCCC5)cc4)nn23)cn1)c1ccccc1. The fourth-order valence-corrected chi connectivity index (χ4v) is 4.87. The van der Waals surface area contributed by atoms with E-state index in [1.807, 2.05) is 71.4 Å². The zero-order chi connectivity index (χ0) is 25.7. The number of pyridine rings is 1. The van der Waals surface area contributed by atoms with Gasteiger partial charge in [-0.05, 0) is 55.8 Å². The minimum atomic E-state index is 0.0181. The van der Waals surface area contributed by atoms with Crippen LogP contribution in [0.1, 0.15) is 34.6 Å². The molecule has 3 aromatic heterocycles. The number of Topliss-reactive ketones (excluding diaryl/α,β-unsaturated/α-hetero) is 1. The molecule has 0 saturated carbocycles. The van der Waals surface area contributed by atoms with Gasteiger partial charge in [-0.1, -0.05) is 48.5 Å². The molecule has 1 fully saturated rings. The van der Waals surface area contributed by atoms with E-state index < -0.39 is 0 Å². The van der Waals surface area contributed by atoms with Crippen molar-refractivity contribution in [3.8, 4) is 17.0 Å². The van der Waals surface area contributed by atoms with Gasteiger partial charge in [0.05, 0.1) is 11.9 Å². The predicted molar refractivity (Wildman–Crippen MR) is 145 cm³/mol. The molecule has 0 atom stereocenters. The number of ether oxygens (including phenoxy) is 1. The van der Waals surface area contributed by atoms with Gasteiger partial charge >= 0.3 is 0 Å². The van der Waals surface area contributed by atoms with Crippen molar-refractivity contribution >= 4 is 11.4 Å². The van der Waals surface area contributed by atoms with Crippen LogP contribution in [-0.4, -0.2) is 61.3 Å². The lowest BCUT2D eigenvalue weighted by Crippen LogP contribution is -2.25. The molecule has 0 aliphatic carbocycles. The Hall–Kier alpha value is -4.30. The number of aromatic nitrogens is 5. The van der Waals surface area contributed by atoms with Gasteiger partial charge in [0.25, 0.3) is 0 Å². The first-order chi connectivity index (χ1) is 18.7. The molecule has 6 rings (SSSR count). The summed E-state index contributed by atoms with van der Waals surface area (Å²) in [5.41, 5.74) is 4.33. The molecule has 0 unspecified atom stereocenters. The van der Waals surface area contributed by atoms with E-state index >= 15 is 0 Å². The lowest BCUT2D eigenvalue weighted by Gasteiger charge is -2.14. The van der Waals surface area contributed by atoms with E-state index in [1.54, 1.807) is 10.9 Å². The maximum atomic E-state index is 12.6. The van der Waals surface area contributed by atoms with Gasteiger partial charge in [-0.15, -0.1) is 0 Å². The topological polar surface area (TPSA) is 77.6 Å². The van der Waals surface area contributed by atoms with Crippen LogP contribution in [0.15, 0.2) is 85.2 Å². The first-order valence-electron chi connectivity index (χ1n) is 13.1. The van der Waals surface area contributed by atoms with Crippen LogP contribution in [0.4, 0.5) is 0 Å². The minimum Gasteiger partial charge on any atom is -0.492 e. The first-order valence-corrected chi connectivity index (χ1v) is 13.1. The normalized spacial score (nSPS) is 13.8. The van der Waals surface area contributed by atoms with Crippen molar-refractivity contribution in [3.63, 3.8) is 0 Å². The van der Waals surface area contributed by atoms with E-state index in [2.05, 4.69) is 22.1 Å². The van der Waals surface area contributed by atoms with E-state index in [4.69, 9.17) is 14.8 Å². The summed E-state index contributed by atoms with van der Waals surface area (Å²) < 4.78 is 9.43. The Kier molecular flexibility index (Phi) is 6.95. The average Bonchev–Trinajstić information content (AvgIpc) is 3.71. The molecule has 38 heavy (non-hydrogen) atoms. The van der Waals surface area contributed by atoms with Crippen molar-refractivity contribution in [3.05, 3.63) is 102 Å². The molecule has 5 aromatic rings. The Balaban J connectivity index is 1.12. The lowest BCUT2D eigenvalue weighted by molar-refractivity contribution is 0.0967. The van der Waals surface area contributed by atoms with Gasteiger partial charge in [0, 0.05) is 30.3 Å². The van der Waals surface area contributed by atoms with Crippen LogP contribution in [0.3, 0.4) is 0 Å². The molecule has 0 radical (unpaired) electrons. The van der Waals surface area contributed by atoms with Gasteiger partial charge in [0.2, 0.25) is 0 Å². The third kappa shape index (κ3) is 5.50. The molecule has 0 amide bonds. The number of benzene rings is 2. The minimum absolute atomic E-state index is 0.0181. The van der Waals surface area contributed by atoms with E-state index in [0.717, 1.165) is 40.6 Å². The van der Waals surface area contributed by atoms with Crippen molar-refractivity contribution < 1.29 is 9.53 Å². The number of hydrogen-bond donors (Lipinski definition) is 0. The average molecular weight is 507 g/mol. The molecule has 8 nitrogen and oxygen atoms in total. The summed E-state index contributed by atoms with van der Waals surface area (Å²) in [7, 11) is 0. The molecule has 192 valence electrons. The smallest absolute Gasteiger partial charge is 0.184 e. The number of fused-ring (bicyclic) bond motifs is 1. The van der Waals surface area contributed by atoms with Gasteiger partial charge in [-0.2, -0.15) is 10.2 Å². The fraction of sp³-hybridized carbons (Fsp3) is 0.267. The Morgan fingerprint density at radius 2 is 1.74 bits per heavy atom. The standard InChI is InChI=1S/C30H30N6O2/c37-28(24-7-2-1-3-8-24)22-35-21-25(20-31-35)27-9-6-10-30-32-29(33-36(27)30)19-23-11-13-26(14-12-23)38-18-17-34-15-4-5-16-34/h1-3,6-14,20-21H,4-5,15-19,22H2. The summed E-state index contributed by atoms with van der Waals surface area (Å²) >= 11 is 0. The van der Waals surface area contributed by atoms with Crippen LogP contribution in [0.25, 0.3) is 16.9 Å². The second kappa shape index (κ2) is 11.0. The molecule has 1 aliphatic rings. The molecule has 0 bridgehead atoms. The highest BCUT2D eigenvalue weighted by Crippen LogP contribution is 2.21. The lowest BCUT2D eigenvalue weighted by atomic mass is 10.1. The molecule has 8 heteroatoms. The number of rotatable bonds is 10. The number of carbonyl (C=O) groups excluding carboxylic acids is 1. The van der Waals surface area contributed by atoms with Crippen LogP contribution in [-0.2, 0) is 13.0 Å². The van der Waals surface area contributed by atoms with E-state index in [1.165, 1.54) is 25.9 Å². The quantitative estimate of drug-likeness (QED) is 0.259. The summed E-state index contributed by atoms with van der Waals surface area (Å²) in [6.45, 7) is 4.25. The molecular formula is C30H30N6O2. The maximum absolute atomic E-state index is 12.6. The van der Waals surface area contributed by atoms with Crippen molar-refractivity contribution in [1.82, 2.24) is 29.3 Å². The van der Waals surface area contributed by atoms with Gasteiger partial charge in [-0.25, -0.2) is 9.50 Å². The zero-order valence-corrected chi connectivity index (χ0v) is 21.2. The summed E-state index contributed by atoms with van der Waals surface area (Å²) in [6.07, 6.45) is 6.86. The first kappa shape index (κ1) is 24.1. The number of ketones is 1. The van der Waals surface area contributed by atoms with Crippen LogP contribution in [0.2, 0.25) is 0 Å². The molecule has 4 heterocycles. The van der Waals surface area contributed by atoms with Crippen molar-refractivity contribution in [2.75, 3.05) is 26.2 Å². The number of carbonyl (C=O) groups is 1. The number of nitrogens with zero attached hydrogens (tertiary/aromatic N) is 6. The van der Waals surface area contributed by atoms with Crippen LogP contribution < -0.4 is 4.74 Å². The van der Waals surface area contributed by atoms with E-state index in [9.17, 15) is 4.79 Å². The van der Waals surface area contributed by atoms with E-state index in [0.29, 0.717) is 18.6 Å². The molecule has 0 N–H and O–H groups in total. The van der Waals surface area contributed by atoms with Crippen LogP contribution >= 0.6 is 0 Å². The molecule has 0 spiro atoms. The Morgan fingerprint density at radius 1 is 0.921 bits per heavy atom. The third-order valence-corrected chi connectivity index (χ3v) is 6.89. The highest BCUT2D eigenvalue weighted by molar-refractivity contribution is 5.95. The number of hydrogen-bond acceptors (Lipinski definition) is 6. The maximum Gasteiger partial charge on any atom is 0.184 e. The molecule has 1 saturated heterocycles. The van der Waals surface area contributed by atoms with Crippen LogP contribution in [0.5, 0.6) is 5.75 Å². The largest absolute Gasteiger partial charge is 0.492 e. The van der Waals surface area contributed by atoms with Crippen molar-refractivity contribution in [2.45, 2.75) is 25.8 Å². The van der Waals surface area contributed by atoms with Gasteiger partial charge < -0.3 is 4.74 Å². The summed E-state index contributed by atoms with van der Waals surface area (Å²) in [4.78, 5) is 19.8. The molecule has 2 aromatic carbocycles. The monoisotopic (exact) mass is 506 g/mol. The Labute approximate surface area is 221 Å². The Bertz CT molecular complexity index is 1520. The second-order valence-corrected chi connectivity index (χ2v) is 9.64. The predicted octanol–water partition coefficient (Wildman–Crippen LogP) is 4.54.